The van der Waals surface area contributed by atoms with Gasteiger partial charge in [0.2, 0.25) is 0 Å². The summed E-state index contributed by atoms with van der Waals surface area (Å²) < 4.78 is 28.9. The van der Waals surface area contributed by atoms with Gasteiger partial charge in [0.1, 0.15) is 5.15 Å². The van der Waals surface area contributed by atoms with E-state index >= 15 is 0 Å². The predicted octanol–water partition coefficient (Wildman–Crippen LogP) is 2.68. The average Bonchev–Trinajstić information content (AvgIpc) is 2.32. The average molecular weight is 318 g/mol. The number of hydrogen-bond donors (Lipinski definition) is 1. The lowest BCUT2D eigenvalue weighted by molar-refractivity contribution is 0.223. The first-order valence-corrected chi connectivity index (χ1v) is 8.50. The number of aromatic nitrogens is 1. The van der Waals surface area contributed by atoms with Crippen molar-refractivity contribution < 1.29 is 8.42 Å². The zero-order chi connectivity index (χ0) is 14.9. The molecule has 0 saturated carbocycles. The highest BCUT2D eigenvalue weighted by Crippen LogP contribution is 2.24. The maximum Gasteiger partial charge on any atom is 0.301 e. The van der Waals surface area contributed by atoms with E-state index in [1.807, 2.05) is 0 Å². The van der Waals surface area contributed by atoms with Crippen LogP contribution in [0.3, 0.4) is 0 Å². The summed E-state index contributed by atoms with van der Waals surface area (Å²) in [5.41, 5.74) is 1.19. The molecule has 5 nitrogen and oxygen atoms in total. The zero-order valence-corrected chi connectivity index (χ0v) is 13.5. The van der Waals surface area contributed by atoms with Crippen molar-refractivity contribution in [3.05, 3.63) is 23.0 Å². The molecule has 20 heavy (non-hydrogen) atoms. The predicted molar refractivity (Wildman–Crippen MR) is 81.0 cm³/mol. The maximum absolute atomic E-state index is 12.4. The number of hydrogen-bond acceptors (Lipinski definition) is 3. The molecular weight excluding hydrogens is 298 g/mol. The van der Waals surface area contributed by atoms with Crippen LogP contribution >= 0.6 is 11.6 Å². The second kappa shape index (κ2) is 5.87. The molecule has 2 rings (SSSR count). The highest BCUT2D eigenvalue weighted by atomic mass is 35.5. The molecule has 2 atom stereocenters. The van der Waals surface area contributed by atoms with Crippen molar-refractivity contribution in [2.24, 2.45) is 11.8 Å². The number of pyridine rings is 1. The Hall–Kier alpha value is -0.850. The van der Waals surface area contributed by atoms with E-state index in [2.05, 4.69) is 23.6 Å². The number of aryl methyl sites for hydroxylation is 1. The van der Waals surface area contributed by atoms with E-state index in [1.54, 1.807) is 13.0 Å². The number of halogens is 1. The quantitative estimate of drug-likeness (QED) is 0.872. The Morgan fingerprint density at radius 3 is 2.50 bits per heavy atom. The molecule has 0 aromatic carbocycles. The van der Waals surface area contributed by atoms with Crippen LogP contribution in [0.5, 0.6) is 0 Å². The molecule has 1 aromatic rings. The number of piperidine rings is 1. The van der Waals surface area contributed by atoms with E-state index in [1.165, 1.54) is 10.5 Å². The van der Waals surface area contributed by atoms with Gasteiger partial charge in [0.05, 0.1) is 11.9 Å². The summed E-state index contributed by atoms with van der Waals surface area (Å²) in [6.45, 7) is 7.05. The smallest absolute Gasteiger partial charge is 0.269 e. The minimum atomic E-state index is -3.53. The second-order valence-electron chi connectivity index (χ2n) is 5.70. The molecule has 1 aromatic heterocycles. The second-order valence-corrected chi connectivity index (χ2v) is 7.73. The van der Waals surface area contributed by atoms with Gasteiger partial charge in [-0.05, 0) is 36.8 Å². The summed E-state index contributed by atoms with van der Waals surface area (Å²) in [5, 5.41) is 0.383. The molecule has 0 amide bonds. The molecular formula is C13H20ClN3O2S. The van der Waals surface area contributed by atoms with Crippen molar-refractivity contribution in [2.45, 2.75) is 27.2 Å². The van der Waals surface area contributed by atoms with Crippen LogP contribution in [0.1, 0.15) is 25.8 Å². The Balaban J connectivity index is 2.16. The van der Waals surface area contributed by atoms with E-state index in [0.29, 0.717) is 35.8 Å². The topological polar surface area (TPSA) is 62.3 Å². The van der Waals surface area contributed by atoms with E-state index in [9.17, 15) is 8.42 Å². The Morgan fingerprint density at radius 2 is 1.95 bits per heavy atom. The van der Waals surface area contributed by atoms with Crippen molar-refractivity contribution in [2.75, 3.05) is 17.8 Å². The summed E-state index contributed by atoms with van der Waals surface area (Å²) in [6, 6.07) is 1.68. The third-order valence-corrected chi connectivity index (χ3v) is 5.30. The minimum absolute atomic E-state index is 0.375. The standard InChI is InChI=1S/C13H20ClN3O2S/c1-9-4-10(2)8-17(7-9)20(18,19)16-12-5-11(3)13(14)15-6-12/h5-6,9-10,16H,4,7-8H2,1-3H3. The van der Waals surface area contributed by atoms with Gasteiger partial charge in [0, 0.05) is 13.1 Å². The van der Waals surface area contributed by atoms with Crippen LogP contribution in [0.2, 0.25) is 5.15 Å². The Bertz CT molecular complexity index is 581. The number of nitrogens with one attached hydrogen (secondary N) is 1. The number of anilines is 1. The summed E-state index contributed by atoms with van der Waals surface area (Å²) in [5.74, 6) is 0.751. The van der Waals surface area contributed by atoms with Crippen LogP contribution in [-0.2, 0) is 10.2 Å². The fraction of sp³-hybridized carbons (Fsp3) is 0.615. The first-order valence-electron chi connectivity index (χ1n) is 6.68. The SMILES string of the molecule is Cc1cc(NS(=O)(=O)N2CC(C)CC(C)C2)cnc1Cl. The van der Waals surface area contributed by atoms with Gasteiger partial charge < -0.3 is 0 Å². The van der Waals surface area contributed by atoms with Crippen LogP contribution in [-0.4, -0.2) is 30.8 Å². The van der Waals surface area contributed by atoms with Crippen molar-refractivity contribution in [1.29, 1.82) is 0 Å². The monoisotopic (exact) mass is 317 g/mol. The van der Waals surface area contributed by atoms with Crippen molar-refractivity contribution >= 4 is 27.5 Å². The molecule has 1 fully saturated rings. The van der Waals surface area contributed by atoms with Gasteiger partial charge in [0.25, 0.3) is 0 Å². The molecule has 112 valence electrons. The Kier molecular flexibility index (Phi) is 4.56. The first-order chi connectivity index (χ1) is 9.28. The summed E-state index contributed by atoms with van der Waals surface area (Å²) in [6.07, 6.45) is 2.50. The highest BCUT2D eigenvalue weighted by molar-refractivity contribution is 7.90. The van der Waals surface area contributed by atoms with Gasteiger partial charge in [0.15, 0.2) is 0 Å². The third-order valence-electron chi connectivity index (χ3n) is 3.44. The molecule has 2 heterocycles. The maximum atomic E-state index is 12.4. The fourth-order valence-electron chi connectivity index (χ4n) is 2.63. The minimum Gasteiger partial charge on any atom is -0.269 e. The van der Waals surface area contributed by atoms with Gasteiger partial charge >= 0.3 is 10.2 Å². The summed E-state index contributed by atoms with van der Waals surface area (Å²) in [7, 11) is -3.53. The van der Waals surface area contributed by atoms with Gasteiger partial charge in [-0.25, -0.2) is 4.98 Å². The van der Waals surface area contributed by atoms with Crippen LogP contribution in [0.25, 0.3) is 0 Å². The largest absolute Gasteiger partial charge is 0.301 e. The molecule has 1 aliphatic rings. The van der Waals surface area contributed by atoms with Crippen LogP contribution in [0, 0.1) is 18.8 Å². The summed E-state index contributed by atoms with van der Waals surface area (Å²) in [4.78, 5) is 3.96. The van der Waals surface area contributed by atoms with E-state index in [4.69, 9.17) is 11.6 Å². The van der Waals surface area contributed by atoms with E-state index in [-0.39, 0.29) is 0 Å². The molecule has 0 spiro atoms. The zero-order valence-electron chi connectivity index (χ0n) is 11.9. The molecule has 1 aliphatic heterocycles. The van der Waals surface area contributed by atoms with Gasteiger partial charge in [-0.2, -0.15) is 12.7 Å². The lowest BCUT2D eigenvalue weighted by atomic mass is 9.94. The molecule has 0 aliphatic carbocycles. The number of rotatable bonds is 3. The molecule has 0 bridgehead atoms. The molecule has 7 heteroatoms. The lowest BCUT2D eigenvalue weighted by Crippen LogP contribution is -2.45. The lowest BCUT2D eigenvalue weighted by Gasteiger charge is -2.34. The van der Waals surface area contributed by atoms with Crippen molar-refractivity contribution in [3.8, 4) is 0 Å². The van der Waals surface area contributed by atoms with Gasteiger partial charge in [-0.1, -0.05) is 25.4 Å². The van der Waals surface area contributed by atoms with Crippen LogP contribution in [0.4, 0.5) is 5.69 Å². The van der Waals surface area contributed by atoms with Crippen molar-refractivity contribution in [1.82, 2.24) is 9.29 Å². The molecule has 0 radical (unpaired) electrons. The van der Waals surface area contributed by atoms with Crippen LogP contribution < -0.4 is 4.72 Å². The molecule has 1 N–H and O–H groups in total. The Labute approximate surface area is 125 Å². The van der Waals surface area contributed by atoms with Crippen molar-refractivity contribution in [3.63, 3.8) is 0 Å². The van der Waals surface area contributed by atoms with Gasteiger partial charge in [-0.3, -0.25) is 4.72 Å². The van der Waals surface area contributed by atoms with Gasteiger partial charge in [-0.15, -0.1) is 0 Å². The van der Waals surface area contributed by atoms with E-state index < -0.39 is 10.2 Å². The molecule has 2 unspecified atom stereocenters. The van der Waals surface area contributed by atoms with E-state index in [0.717, 1.165) is 12.0 Å². The summed E-state index contributed by atoms with van der Waals surface area (Å²) >= 11 is 5.84. The fourth-order valence-corrected chi connectivity index (χ4v) is 4.17. The van der Waals surface area contributed by atoms with Crippen LogP contribution in [0.15, 0.2) is 12.3 Å². The normalized spacial score (nSPS) is 24.6. The molecule has 1 saturated heterocycles. The Morgan fingerprint density at radius 1 is 1.35 bits per heavy atom. The highest BCUT2D eigenvalue weighted by Gasteiger charge is 2.30. The number of nitrogens with zero attached hydrogens (tertiary/aromatic N) is 2. The third kappa shape index (κ3) is 3.62. The first kappa shape index (κ1) is 15.5.